The molecule has 0 aliphatic carbocycles. The predicted molar refractivity (Wildman–Crippen MR) is 63.1 cm³/mol. The molecule has 6 heteroatoms. The van der Waals surface area contributed by atoms with Gasteiger partial charge in [-0.25, -0.2) is 0 Å². The number of benzene rings is 1. The number of anilines is 1. The van der Waals surface area contributed by atoms with Crippen LogP contribution < -0.4 is 9.64 Å². The van der Waals surface area contributed by atoms with Crippen LogP contribution >= 0.6 is 0 Å². The average Bonchev–Trinajstić information content (AvgIpc) is 2.34. The van der Waals surface area contributed by atoms with Gasteiger partial charge in [-0.3, -0.25) is 10.1 Å². The number of hydrogen-bond acceptors (Lipinski definition) is 5. The summed E-state index contributed by atoms with van der Waals surface area (Å²) in [5, 5.41) is 19.5. The largest absolute Gasteiger partial charge is 0.490 e. The van der Waals surface area contributed by atoms with Crippen molar-refractivity contribution in [1.29, 1.82) is 5.26 Å². The highest BCUT2D eigenvalue weighted by molar-refractivity contribution is 5.69. The summed E-state index contributed by atoms with van der Waals surface area (Å²) in [6.45, 7) is 0.435. The Morgan fingerprint density at radius 3 is 2.82 bits per heavy atom. The van der Waals surface area contributed by atoms with Crippen LogP contribution in [0.15, 0.2) is 18.2 Å². The Balaban J connectivity index is 3.14. The van der Waals surface area contributed by atoms with E-state index in [2.05, 4.69) is 0 Å². The van der Waals surface area contributed by atoms with Crippen LogP contribution in [0.3, 0.4) is 0 Å². The summed E-state index contributed by atoms with van der Waals surface area (Å²) in [6, 6.07) is 6.87. The van der Waals surface area contributed by atoms with Crippen molar-refractivity contribution in [2.45, 2.75) is 6.42 Å². The maximum atomic E-state index is 11.0. The van der Waals surface area contributed by atoms with Crippen LogP contribution in [0.5, 0.6) is 5.75 Å². The smallest absolute Gasteiger partial charge is 0.333 e. The Labute approximate surface area is 99.2 Å². The van der Waals surface area contributed by atoms with Crippen molar-refractivity contribution in [3.05, 3.63) is 28.3 Å². The minimum atomic E-state index is -0.475. The minimum Gasteiger partial charge on any atom is -0.490 e. The van der Waals surface area contributed by atoms with Crippen LogP contribution in [0.25, 0.3) is 0 Å². The van der Waals surface area contributed by atoms with Gasteiger partial charge >= 0.3 is 5.69 Å². The second kappa shape index (κ2) is 5.70. The Morgan fingerprint density at radius 2 is 2.29 bits per heavy atom. The van der Waals surface area contributed by atoms with E-state index in [4.69, 9.17) is 10.00 Å². The molecule has 17 heavy (non-hydrogen) atoms. The lowest BCUT2D eigenvalue weighted by molar-refractivity contribution is -0.385. The van der Waals surface area contributed by atoms with E-state index in [1.165, 1.54) is 7.11 Å². The quantitative estimate of drug-likeness (QED) is 0.575. The molecule has 0 heterocycles. The molecule has 1 aromatic carbocycles. The van der Waals surface area contributed by atoms with Crippen molar-refractivity contribution in [2.75, 3.05) is 25.6 Å². The molecular formula is C11H13N3O3. The molecule has 0 bridgehead atoms. The van der Waals surface area contributed by atoms with E-state index in [9.17, 15) is 10.1 Å². The fourth-order valence-corrected chi connectivity index (χ4v) is 1.51. The molecule has 0 radical (unpaired) electrons. The molecule has 0 saturated heterocycles. The highest BCUT2D eigenvalue weighted by atomic mass is 16.6. The number of rotatable bonds is 5. The fourth-order valence-electron chi connectivity index (χ4n) is 1.51. The van der Waals surface area contributed by atoms with Crippen LogP contribution in [0, 0.1) is 21.4 Å². The van der Waals surface area contributed by atoms with Gasteiger partial charge in [-0.2, -0.15) is 5.26 Å². The Kier molecular flexibility index (Phi) is 4.29. The second-order valence-corrected chi connectivity index (χ2v) is 3.41. The molecule has 0 aliphatic rings. The zero-order valence-corrected chi connectivity index (χ0v) is 9.71. The summed E-state index contributed by atoms with van der Waals surface area (Å²) in [5.74, 6) is 0.219. The summed E-state index contributed by atoms with van der Waals surface area (Å²) in [5.41, 5.74) is 0.375. The number of nitriles is 1. The number of nitrogens with zero attached hydrogens (tertiary/aromatic N) is 3. The van der Waals surface area contributed by atoms with Gasteiger partial charge in [-0.1, -0.05) is 6.07 Å². The van der Waals surface area contributed by atoms with Gasteiger partial charge in [0.2, 0.25) is 0 Å². The van der Waals surface area contributed by atoms with E-state index in [1.807, 2.05) is 6.07 Å². The number of nitro benzene ring substituents is 1. The molecule has 0 fully saturated rings. The first-order chi connectivity index (χ1) is 8.11. The lowest BCUT2D eigenvalue weighted by atomic mass is 10.2. The number of ether oxygens (including phenoxy) is 1. The lowest BCUT2D eigenvalue weighted by Crippen LogP contribution is -2.19. The third-order valence-electron chi connectivity index (χ3n) is 2.35. The number of para-hydroxylation sites is 1. The molecule has 90 valence electrons. The SMILES string of the molecule is COc1cccc(N(C)CCC#N)c1[N+](=O)[O-]. The third kappa shape index (κ3) is 2.84. The van der Waals surface area contributed by atoms with Gasteiger partial charge in [0.25, 0.3) is 0 Å². The van der Waals surface area contributed by atoms with Gasteiger partial charge in [0, 0.05) is 13.6 Å². The molecule has 0 saturated carbocycles. The molecule has 0 amide bonds. The molecule has 0 aliphatic heterocycles. The molecule has 0 N–H and O–H groups in total. The van der Waals surface area contributed by atoms with Gasteiger partial charge in [-0.05, 0) is 12.1 Å². The van der Waals surface area contributed by atoms with Crippen LogP contribution in [-0.2, 0) is 0 Å². The normalized spacial score (nSPS) is 9.47. The number of nitro groups is 1. The Hall–Kier alpha value is -2.29. The summed E-state index contributed by atoms with van der Waals surface area (Å²) in [4.78, 5) is 12.2. The molecule has 0 spiro atoms. The van der Waals surface area contributed by atoms with E-state index in [1.54, 1.807) is 30.1 Å². The van der Waals surface area contributed by atoms with Gasteiger partial charge in [0.1, 0.15) is 5.69 Å². The summed E-state index contributed by atoms with van der Waals surface area (Å²) >= 11 is 0. The van der Waals surface area contributed by atoms with E-state index < -0.39 is 4.92 Å². The monoisotopic (exact) mass is 235 g/mol. The first kappa shape index (κ1) is 12.8. The molecule has 0 aromatic heterocycles. The minimum absolute atomic E-state index is 0.0737. The Morgan fingerprint density at radius 1 is 1.59 bits per heavy atom. The zero-order chi connectivity index (χ0) is 12.8. The maximum Gasteiger partial charge on any atom is 0.333 e. The Bertz CT molecular complexity index is 454. The average molecular weight is 235 g/mol. The topological polar surface area (TPSA) is 79.4 Å². The van der Waals surface area contributed by atoms with Gasteiger partial charge in [0.05, 0.1) is 24.5 Å². The molecule has 1 aromatic rings. The summed E-state index contributed by atoms with van der Waals surface area (Å²) in [7, 11) is 3.10. The van der Waals surface area contributed by atoms with E-state index in [0.717, 1.165) is 0 Å². The van der Waals surface area contributed by atoms with Gasteiger partial charge in [0.15, 0.2) is 5.75 Å². The predicted octanol–water partition coefficient (Wildman–Crippen LogP) is 1.95. The first-order valence-corrected chi connectivity index (χ1v) is 5.01. The molecule has 0 atom stereocenters. The fraction of sp³-hybridized carbons (Fsp3) is 0.364. The van der Waals surface area contributed by atoms with E-state index >= 15 is 0 Å². The lowest BCUT2D eigenvalue weighted by Gasteiger charge is -2.18. The summed E-state index contributed by atoms with van der Waals surface area (Å²) < 4.78 is 4.97. The van der Waals surface area contributed by atoms with Crippen LogP contribution in [-0.4, -0.2) is 25.6 Å². The molecule has 0 unspecified atom stereocenters. The van der Waals surface area contributed by atoms with Crippen molar-refractivity contribution in [1.82, 2.24) is 0 Å². The number of hydrogen-bond donors (Lipinski definition) is 0. The number of methoxy groups -OCH3 is 1. The summed E-state index contributed by atoms with van der Waals surface area (Å²) in [6.07, 6.45) is 0.310. The van der Waals surface area contributed by atoms with Crippen molar-refractivity contribution in [3.63, 3.8) is 0 Å². The van der Waals surface area contributed by atoms with E-state index in [0.29, 0.717) is 18.7 Å². The van der Waals surface area contributed by atoms with Crippen molar-refractivity contribution < 1.29 is 9.66 Å². The molecule has 6 nitrogen and oxygen atoms in total. The maximum absolute atomic E-state index is 11.0. The standard InChI is InChI=1S/C11H13N3O3/c1-13(8-4-7-12)9-5-3-6-10(17-2)11(9)14(15)16/h3,5-6H,4,8H2,1-2H3. The highest BCUT2D eigenvalue weighted by Gasteiger charge is 2.22. The third-order valence-corrected chi connectivity index (χ3v) is 2.35. The van der Waals surface area contributed by atoms with Crippen molar-refractivity contribution >= 4 is 11.4 Å². The van der Waals surface area contributed by atoms with Crippen LogP contribution in [0.4, 0.5) is 11.4 Å². The van der Waals surface area contributed by atoms with Crippen molar-refractivity contribution in [3.8, 4) is 11.8 Å². The highest BCUT2D eigenvalue weighted by Crippen LogP contribution is 2.36. The first-order valence-electron chi connectivity index (χ1n) is 5.01. The van der Waals surface area contributed by atoms with Gasteiger partial charge in [-0.15, -0.1) is 0 Å². The second-order valence-electron chi connectivity index (χ2n) is 3.41. The van der Waals surface area contributed by atoms with Crippen LogP contribution in [0.2, 0.25) is 0 Å². The molecule has 1 rings (SSSR count). The van der Waals surface area contributed by atoms with Crippen molar-refractivity contribution in [2.24, 2.45) is 0 Å². The van der Waals surface area contributed by atoms with Crippen LogP contribution in [0.1, 0.15) is 6.42 Å². The zero-order valence-electron chi connectivity index (χ0n) is 9.71. The van der Waals surface area contributed by atoms with E-state index in [-0.39, 0.29) is 11.4 Å². The van der Waals surface area contributed by atoms with Gasteiger partial charge < -0.3 is 9.64 Å². The molecular weight excluding hydrogens is 222 g/mol.